The van der Waals surface area contributed by atoms with Crippen molar-refractivity contribution >= 4 is 0 Å². The monoisotopic (exact) mass is 235 g/mol. The molecule has 2 aliphatic heterocycles. The molecule has 2 atom stereocenters. The normalized spacial score (nSPS) is 27.8. The van der Waals surface area contributed by atoms with E-state index in [9.17, 15) is 5.11 Å². The molecule has 1 fully saturated rings. The van der Waals surface area contributed by atoms with Crippen molar-refractivity contribution in [2.45, 2.75) is 25.0 Å². The summed E-state index contributed by atoms with van der Waals surface area (Å²) >= 11 is 0. The van der Waals surface area contributed by atoms with E-state index in [-0.39, 0.29) is 12.1 Å². The van der Waals surface area contributed by atoms with Gasteiger partial charge in [0.1, 0.15) is 13.2 Å². The second-order valence-corrected chi connectivity index (χ2v) is 4.59. The summed E-state index contributed by atoms with van der Waals surface area (Å²) in [7, 11) is 0. The number of nitrogens with one attached hydrogen (secondary N) is 1. The maximum absolute atomic E-state index is 9.68. The molecule has 4 nitrogen and oxygen atoms in total. The summed E-state index contributed by atoms with van der Waals surface area (Å²) in [4.78, 5) is 0. The highest BCUT2D eigenvalue weighted by Crippen LogP contribution is 2.34. The lowest BCUT2D eigenvalue weighted by Gasteiger charge is -2.28. The third-order valence-electron chi connectivity index (χ3n) is 3.34. The SMILES string of the molecule is OC1CCNC(c2ccc3c(c2)OCCO3)C1. The molecule has 1 aromatic rings. The molecule has 0 amide bonds. The van der Waals surface area contributed by atoms with E-state index in [2.05, 4.69) is 5.32 Å². The van der Waals surface area contributed by atoms with Gasteiger partial charge in [-0.15, -0.1) is 0 Å². The van der Waals surface area contributed by atoms with Gasteiger partial charge in [-0.05, 0) is 37.1 Å². The van der Waals surface area contributed by atoms with Crippen molar-refractivity contribution in [3.05, 3.63) is 23.8 Å². The molecular formula is C13H17NO3. The predicted octanol–water partition coefficient (Wildman–Crippen LogP) is 1.24. The minimum absolute atomic E-state index is 0.200. The number of rotatable bonds is 1. The average molecular weight is 235 g/mol. The molecule has 0 saturated carbocycles. The van der Waals surface area contributed by atoms with Crippen LogP contribution in [0.15, 0.2) is 18.2 Å². The Hall–Kier alpha value is -1.26. The summed E-state index contributed by atoms with van der Waals surface area (Å²) < 4.78 is 11.1. The summed E-state index contributed by atoms with van der Waals surface area (Å²) in [6.07, 6.45) is 1.40. The van der Waals surface area contributed by atoms with Gasteiger partial charge in [-0.3, -0.25) is 0 Å². The zero-order valence-corrected chi connectivity index (χ0v) is 9.69. The van der Waals surface area contributed by atoms with Crippen molar-refractivity contribution in [2.24, 2.45) is 0 Å². The second kappa shape index (κ2) is 4.55. The molecular weight excluding hydrogens is 218 g/mol. The van der Waals surface area contributed by atoms with Crippen LogP contribution in [0.4, 0.5) is 0 Å². The number of benzene rings is 1. The molecule has 17 heavy (non-hydrogen) atoms. The van der Waals surface area contributed by atoms with Crippen molar-refractivity contribution in [1.29, 1.82) is 0 Å². The molecule has 1 aromatic carbocycles. The lowest BCUT2D eigenvalue weighted by molar-refractivity contribution is 0.116. The molecule has 2 N–H and O–H groups in total. The number of hydrogen-bond acceptors (Lipinski definition) is 4. The van der Waals surface area contributed by atoms with E-state index in [1.165, 1.54) is 0 Å². The van der Waals surface area contributed by atoms with Crippen molar-refractivity contribution < 1.29 is 14.6 Å². The van der Waals surface area contributed by atoms with Crippen LogP contribution in [-0.4, -0.2) is 31.0 Å². The fraction of sp³-hybridized carbons (Fsp3) is 0.538. The van der Waals surface area contributed by atoms with Crippen LogP contribution < -0.4 is 14.8 Å². The predicted molar refractivity (Wildman–Crippen MR) is 63.4 cm³/mol. The largest absolute Gasteiger partial charge is 0.486 e. The second-order valence-electron chi connectivity index (χ2n) is 4.59. The van der Waals surface area contributed by atoms with Gasteiger partial charge in [0.05, 0.1) is 6.10 Å². The van der Waals surface area contributed by atoms with Gasteiger partial charge in [0.15, 0.2) is 11.5 Å². The third-order valence-corrected chi connectivity index (χ3v) is 3.34. The first-order valence-corrected chi connectivity index (χ1v) is 6.14. The Morgan fingerprint density at radius 1 is 1.18 bits per heavy atom. The van der Waals surface area contributed by atoms with Gasteiger partial charge >= 0.3 is 0 Å². The summed E-state index contributed by atoms with van der Waals surface area (Å²) in [5.74, 6) is 1.63. The number of aliphatic hydroxyl groups is 1. The quantitative estimate of drug-likeness (QED) is 0.769. The Kier molecular flexibility index (Phi) is 2.91. The molecule has 2 aliphatic rings. The van der Waals surface area contributed by atoms with E-state index in [0.29, 0.717) is 13.2 Å². The first-order valence-electron chi connectivity index (χ1n) is 6.14. The van der Waals surface area contributed by atoms with E-state index in [0.717, 1.165) is 36.4 Å². The zero-order valence-electron chi connectivity index (χ0n) is 9.69. The van der Waals surface area contributed by atoms with Crippen LogP contribution in [0.1, 0.15) is 24.4 Å². The average Bonchev–Trinajstić information content (AvgIpc) is 2.38. The van der Waals surface area contributed by atoms with Crippen molar-refractivity contribution in [1.82, 2.24) is 5.32 Å². The molecule has 2 unspecified atom stereocenters. The number of aliphatic hydroxyl groups excluding tert-OH is 1. The van der Waals surface area contributed by atoms with Gasteiger partial charge in [-0.25, -0.2) is 0 Å². The molecule has 3 rings (SSSR count). The minimum atomic E-state index is -0.200. The van der Waals surface area contributed by atoms with Gasteiger partial charge < -0.3 is 19.9 Å². The highest BCUT2D eigenvalue weighted by Gasteiger charge is 2.22. The number of piperidine rings is 1. The van der Waals surface area contributed by atoms with Crippen LogP contribution >= 0.6 is 0 Å². The number of ether oxygens (including phenoxy) is 2. The maximum atomic E-state index is 9.68. The van der Waals surface area contributed by atoms with Gasteiger partial charge in [-0.2, -0.15) is 0 Å². The Balaban J connectivity index is 1.83. The van der Waals surface area contributed by atoms with E-state index < -0.39 is 0 Å². The van der Waals surface area contributed by atoms with Crippen molar-refractivity contribution in [3.8, 4) is 11.5 Å². The Bertz CT molecular complexity index is 408. The smallest absolute Gasteiger partial charge is 0.161 e. The van der Waals surface area contributed by atoms with Crippen molar-refractivity contribution in [3.63, 3.8) is 0 Å². The summed E-state index contributed by atoms with van der Waals surface area (Å²) in [6.45, 7) is 2.09. The maximum Gasteiger partial charge on any atom is 0.161 e. The lowest BCUT2D eigenvalue weighted by Crippen LogP contribution is -2.34. The van der Waals surface area contributed by atoms with Crippen molar-refractivity contribution in [2.75, 3.05) is 19.8 Å². The van der Waals surface area contributed by atoms with E-state index >= 15 is 0 Å². The number of fused-ring (bicyclic) bond motifs is 1. The molecule has 4 heteroatoms. The molecule has 2 heterocycles. The van der Waals surface area contributed by atoms with Crippen LogP contribution in [0.2, 0.25) is 0 Å². The van der Waals surface area contributed by atoms with E-state index in [1.54, 1.807) is 0 Å². The molecule has 0 aromatic heterocycles. The Morgan fingerprint density at radius 2 is 2.00 bits per heavy atom. The standard InChI is InChI=1S/C13H17NO3/c15-10-3-4-14-11(8-10)9-1-2-12-13(7-9)17-6-5-16-12/h1-2,7,10-11,14-15H,3-6,8H2. The first kappa shape index (κ1) is 10.9. The van der Waals surface area contributed by atoms with E-state index in [1.807, 2.05) is 18.2 Å². The van der Waals surface area contributed by atoms with Crippen LogP contribution in [0, 0.1) is 0 Å². The minimum Gasteiger partial charge on any atom is -0.486 e. The lowest BCUT2D eigenvalue weighted by atomic mass is 9.95. The van der Waals surface area contributed by atoms with Crippen LogP contribution in [0.5, 0.6) is 11.5 Å². The number of hydrogen-bond donors (Lipinski definition) is 2. The zero-order chi connectivity index (χ0) is 11.7. The topological polar surface area (TPSA) is 50.7 Å². The Labute approximate surface area is 101 Å². The van der Waals surface area contributed by atoms with Gasteiger partial charge in [0.25, 0.3) is 0 Å². The van der Waals surface area contributed by atoms with Crippen LogP contribution in [-0.2, 0) is 0 Å². The Morgan fingerprint density at radius 3 is 2.82 bits per heavy atom. The molecule has 92 valence electrons. The molecule has 0 radical (unpaired) electrons. The van der Waals surface area contributed by atoms with Gasteiger partial charge in [-0.1, -0.05) is 6.07 Å². The first-order chi connectivity index (χ1) is 8.33. The summed E-state index contributed by atoms with van der Waals surface area (Å²) in [5, 5.41) is 13.1. The van der Waals surface area contributed by atoms with E-state index in [4.69, 9.17) is 9.47 Å². The summed E-state index contributed by atoms with van der Waals surface area (Å²) in [6, 6.07) is 6.23. The summed E-state index contributed by atoms with van der Waals surface area (Å²) in [5.41, 5.74) is 1.16. The van der Waals surface area contributed by atoms with Gasteiger partial charge in [0, 0.05) is 6.04 Å². The highest BCUT2D eigenvalue weighted by atomic mass is 16.6. The molecule has 0 aliphatic carbocycles. The third kappa shape index (κ3) is 2.23. The van der Waals surface area contributed by atoms with Crippen LogP contribution in [0.25, 0.3) is 0 Å². The molecule has 1 saturated heterocycles. The molecule has 0 bridgehead atoms. The fourth-order valence-electron chi connectivity index (χ4n) is 2.43. The van der Waals surface area contributed by atoms with Gasteiger partial charge in [0.2, 0.25) is 0 Å². The highest BCUT2D eigenvalue weighted by molar-refractivity contribution is 5.44. The fourth-order valence-corrected chi connectivity index (χ4v) is 2.43. The molecule has 0 spiro atoms. The van der Waals surface area contributed by atoms with Crippen LogP contribution in [0.3, 0.4) is 0 Å².